The Morgan fingerprint density at radius 1 is 1.45 bits per heavy atom. The van der Waals surface area contributed by atoms with Crippen molar-refractivity contribution in [1.82, 2.24) is 0 Å². The van der Waals surface area contributed by atoms with Crippen LogP contribution in [0.4, 0.5) is 5.69 Å². The van der Waals surface area contributed by atoms with Gasteiger partial charge in [0.1, 0.15) is 6.04 Å². The quantitative estimate of drug-likeness (QED) is 0.838. The highest BCUT2D eigenvalue weighted by atomic mass is 35.5. The number of esters is 1. The highest BCUT2D eigenvalue weighted by Crippen LogP contribution is 2.42. The van der Waals surface area contributed by atoms with Gasteiger partial charge in [0.15, 0.2) is 0 Å². The van der Waals surface area contributed by atoms with E-state index in [9.17, 15) is 9.59 Å². The average Bonchev–Trinajstić information content (AvgIpc) is 2.37. The zero-order valence-electron chi connectivity index (χ0n) is 10.7. The first kappa shape index (κ1) is 14.9. The average molecular weight is 318 g/mol. The molecule has 0 radical (unpaired) electrons. The van der Waals surface area contributed by atoms with E-state index in [1.54, 1.807) is 12.1 Å². The minimum Gasteiger partial charge on any atom is -0.480 e. The summed E-state index contributed by atoms with van der Waals surface area (Å²) in [5.74, 6) is -1.70. The number of halogens is 2. The molecule has 1 aliphatic rings. The van der Waals surface area contributed by atoms with Crippen molar-refractivity contribution in [3.05, 3.63) is 27.7 Å². The van der Waals surface area contributed by atoms with Crippen LogP contribution in [0, 0.1) is 0 Å². The molecule has 1 heterocycles. The number of ether oxygens (including phenoxy) is 1. The van der Waals surface area contributed by atoms with Gasteiger partial charge in [0, 0.05) is 21.7 Å². The number of benzene rings is 1. The van der Waals surface area contributed by atoms with Crippen molar-refractivity contribution >= 4 is 40.8 Å². The number of nitrogens with one attached hydrogen (secondary N) is 1. The molecule has 1 aromatic carbocycles. The topological polar surface area (TPSA) is 75.6 Å². The predicted molar refractivity (Wildman–Crippen MR) is 75.5 cm³/mol. The van der Waals surface area contributed by atoms with E-state index in [2.05, 4.69) is 10.1 Å². The molecule has 1 aromatic rings. The van der Waals surface area contributed by atoms with Gasteiger partial charge in [-0.05, 0) is 24.1 Å². The normalized spacial score (nSPS) is 20.8. The van der Waals surface area contributed by atoms with E-state index < -0.39 is 18.0 Å². The van der Waals surface area contributed by atoms with Gasteiger partial charge in [-0.15, -0.1) is 0 Å². The Morgan fingerprint density at radius 3 is 2.75 bits per heavy atom. The summed E-state index contributed by atoms with van der Waals surface area (Å²) in [5.41, 5.74) is 1.26. The van der Waals surface area contributed by atoms with E-state index in [1.807, 2.05) is 0 Å². The molecule has 5 nitrogen and oxygen atoms in total. The fraction of sp³-hybridized carbons (Fsp3) is 0.385. The fourth-order valence-electron chi connectivity index (χ4n) is 2.40. The minimum atomic E-state index is -0.985. The van der Waals surface area contributed by atoms with Gasteiger partial charge in [-0.1, -0.05) is 23.2 Å². The Hall–Kier alpha value is -1.46. The summed E-state index contributed by atoms with van der Waals surface area (Å²) in [7, 11) is 1.29. The maximum absolute atomic E-state index is 11.5. The number of fused-ring (bicyclic) bond motifs is 1. The Balaban J connectivity index is 2.42. The van der Waals surface area contributed by atoms with Crippen LogP contribution in [0.5, 0.6) is 0 Å². The lowest BCUT2D eigenvalue weighted by molar-refractivity contribution is -0.142. The molecule has 0 aliphatic carbocycles. The van der Waals surface area contributed by atoms with Gasteiger partial charge < -0.3 is 15.2 Å². The Bertz CT molecular complexity index is 562. The van der Waals surface area contributed by atoms with Crippen molar-refractivity contribution in [3.8, 4) is 0 Å². The fourth-order valence-corrected chi connectivity index (χ4v) is 3.05. The predicted octanol–water partition coefficient (Wildman–Crippen LogP) is 2.91. The summed E-state index contributed by atoms with van der Waals surface area (Å²) in [6.45, 7) is 0. The van der Waals surface area contributed by atoms with Crippen molar-refractivity contribution in [2.45, 2.75) is 24.8 Å². The van der Waals surface area contributed by atoms with Crippen molar-refractivity contribution in [2.75, 3.05) is 12.4 Å². The van der Waals surface area contributed by atoms with E-state index in [-0.39, 0.29) is 18.8 Å². The van der Waals surface area contributed by atoms with Crippen LogP contribution < -0.4 is 5.32 Å². The highest BCUT2D eigenvalue weighted by molar-refractivity contribution is 6.35. The van der Waals surface area contributed by atoms with Gasteiger partial charge in [-0.3, -0.25) is 4.79 Å². The lowest BCUT2D eigenvalue weighted by Crippen LogP contribution is -2.35. The number of carboxylic acids is 1. The van der Waals surface area contributed by atoms with Gasteiger partial charge >= 0.3 is 11.9 Å². The number of carbonyl (C=O) groups is 2. The van der Waals surface area contributed by atoms with Crippen molar-refractivity contribution in [3.63, 3.8) is 0 Å². The molecule has 2 N–H and O–H groups in total. The number of carbonyl (C=O) groups excluding carboxylic acids is 1. The molecule has 0 amide bonds. The molecule has 20 heavy (non-hydrogen) atoms. The number of carboxylic acid groups (broad SMARTS) is 1. The smallest absolute Gasteiger partial charge is 0.326 e. The molecule has 0 bridgehead atoms. The second-order valence-electron chi connectivity index (χ2n) is 4.60. The molecule has 0 unspecified atom stereocenters. The zero-order chi connectivity index (χ0) is 14.9. The summed E-state index contributed by atoms with van der Waals surface area (Å²) in [4.78, 5) is 22.7. The van der Waals surface area contributed by atoms with Crippen LogP contribution in [0.3, 0.4) is 0 Å². The van der Waals surface area contributed by atoms with Gasteiger partial charge in [0.25, 0.3) is 0 Å². The van der Waals surface area contributed by atoms with Crippen LogP contribution in [0.15, 0.2) is 12.1 Å². The van der Waals surface area contributed by atoms with E-state index in [0.29, 0.717) is 21.3 Å². The van der Waals surface area contributed by atoms with Crippen LogP contribution in [0.2, 0.25) is 10.0 Å². The lowest BCUT2D eigenvalue weighted by atomic mass is 9.84. The van der Waals surface area contributed by atoms with Gasteiger partial charge in [-0.2, -0.15) is 0 Å². The molecule has 0 spiro atoms. The number of rotatable bonds is 3. The standard InChI is InChI=1S/C13H13Cl2NO4/c1-20-11(17)3-6-2-10(13(18)19)16-9-5-7(14)4-8(15)12(6)9/h4-6,10,16H,2-3H2,1H3,(H,18,19)/t6-,10-/m0/s1. The van der Waals surface area contributed by atoms with Crippen LogP contribution >= 0.6 is 23.2 Å². The Morgan fingerprint density at radius 2 is 2.15 bits per heavy atom. The first-order valence-electron chi connectivity index (χ1n) is 5.97. The molecule has 0 aromatic heterocycles. The third kappa shape index (κ3) is 2.99. The summed E-state index contributed by atoms with van der Waals surface area (Å²) in [5, 5.41) is 12.9. The summed E-state index contributed by atoms with van der Waals surface area (Å²) < 4.78 is 4.65. The number of hydrogen-bond donors (Lipinski definition) is 2. The molecule has 108 valence electrons. The first-order valence-corrected chi connectivity index (χ1v) is 6.73. The minimum absolute atomic E-state index is 0.0797. The second kappa shape index (κ2) is 5.89. The SMILES string of the molecule is COC(=O)C[C@@H]1C[C@@H](C(=O)O)Nc2cc(Cl)cc(Cl)c21. The number of anilines is 1. The Labute approximate surface area is 125 Å². The highest BCUT2D eigenvalue weighted by Gasteiger charge is 2.33. The van der Waals surface area contributed by atoms with Gasteiger partial charge in [0.2, 0.25) is 0 Å². The molecule has 0 saturated carbocycles. The van der Waals surface area contributed by atoms with Crippen LogP contribution in [0.1, 0.15) is 24.3 Å². The van der Waals surface area contributed by atoms with Crippen molar-refractivity contribution in [1.29, 1.82) is 0 Å². The monoisotopic (exact) mass is 317 g/mol. The van der Waals surface area contributed by atoms with Gasteiger partial charge in [0.05, 0.1) is 13.5 Å². The zero-order valence-corrected chi connectivity index (χ0v) is 12.2. The van der Waals surface area contributed by atoms with E-state index in [4.69, 9.17) is 28.3 Å². The van der Waals surface area contributed by atoms with Gasteiger partial charge in [-0.25, -0.2) is 4.79 Å². The lowest BCUT2D eigenvalue weighted by Gasteiger charge is -2.31. The summed E-state index contributed by atoms with van der Waals surface area (Å²) in [6, 6.07) is 2.41. The third-order valence-corrected chi connectivity index (χ3v) is 3.82. The van der Waals surface area contributed by atoms with Crippen molar-refractivity contribution in [2.24, 2.45) is 0 Å². The largest absolute Gasteiger partial charge is 0.480 e. The molecule has 1 aliphatic heterocycles. The first-order chi connectivity index (χ1) is 9.42. The number of methoxy groups -OCH3 is 1. The molecule has 2 atom stereocenters. The maximum Gasteiger partial charge on any atom is 0.326 e. The number of hydrogen-bond acceptors (Lipinski definition) is 4. The third-order valence-electron chi connectivity index (χ3n) is 3.29. The Kier molecular flexibility index (Phi) is 4.40. The number of aliphatic carboxylic acids is 1. The van der Waals surface area contributed by atoms with Crippen LogP contribution in [-0.4, -0.2) is 30.2 Å². The second-order valence-corrected chi connectivity index (χ2v) is 5.44. The van der Waals surface area contributed by atoms with Crippen LogP contribution in [-0.2, 0) is 14.3 Å². The maximum atomic E-state index is 11.5. The van der Waals surface area contributed by atoms with E-state index >= 15 is 0 Å². The summed E-state index contributed by atoms with van der Waals surface area (Å²) in [6.07, 6.45) is 0.342. The molecule has 0 saturated heterocycles. The molecular formula is C13H13Cl2NO4. The van der Waals surface area contributed by atoms with Crippen LogP contribution in [0.25, 0.3) is 0 Å². The van der Waals surface area contributed by atoms with E-state index in [0.717, 1.165) is 0 Å². The van der Waals surface area contributed by atoms with Crippen molar-refractivity contribution < 1.29 is 19.4 Å². The molecule has 0 fully saturated rings. The molecular weight excluding hydrogens is 305 g/mol. The van der Waals surface area contributed by atoms with E-state index in [1.165, 1.54) is 7.11 Å². The summed E-state index contributed by atoms with van der Waals surface area (Å²) >= 11 is 12.1. The molecule has 2 rings (SSSR count). The molecule has 7 heteroatoms.